The van der Waals surface area contributed by atoms with Crippen molar-refractivity contribution in [3.05, 3.63) is 29.3 Å². The van der Waals surface area contributed by atoms with Crippen molar-refractivity contribution in [2.45, 2.75) is 19.3 Å². The van der Waals surface area contributed by atoms with Crippen LogP contribution in [0.15, 0.2) is 24.3 Å². The molecule has 2 aromatic rings. The molecular weight excluding hydrogens is 244 g/mol. The Morgan fingerprint density at radius 1 is 1.39 bits per heavy atom. The third-order valence-corrected chi connectivity index (χ3v) is 4.74. The number of ether oxygens (including phenoxy) is 1. The van der Waals surface area contributed by atoms with Crippen molar-refractivity contribution in [1.29, 1.82) is 0 Å². The van der Waals surface area contributed by atoms with Gasteiger partial charge in [-0.2, -0.15) is 0 Å². The Labute approximate surface area is 111 Å². The average molecular weight is 262 g/mol. The quantitative estimate of drug-likeness (QED) is 0.925. The number of fused-ring (bicyclic) bond motifs is 1. The Morgan fingerprint density at radius 2 is 2.28 bits per heavy atom. The first-order valence-corrected chi connectivity index (χ1v) is 7.25. The van der Waals surface area contributed by atoms with Crippen molar-refractivity contribution in [2.24, 2.45) is 11.1 Å². The van der Waals surface area contributed by atoms with Crippen LogP contribution in [0.3, 0.4) is 0 Å². The van der Waals surface area contributed by atoms with Gasteiger partial charge < -0.3 is 10.5 Å². The lowest BCUT2D eigenvalue weighted by molar-refractivity contribution is -0.00263. The second-order valence-corrected chi connectivity index (χ2v) is 6.23. The molecule has 3 rings (SSSR count). The fourth-order valence-corrected chi connectivity index (χ4v) is 3.74. The van der Waals surface area contributed by atoms with Crippen LogP contribution in [0.1, 0.15) is 17.8 Å². The van der Waals surface area contributed by atoms with Gasteiger partial charge in [-0.1, -0.05) is 12.1 Å². The number of nitrogens with zero attached hydrogens (tertiary/aromatic N) is 1. The minimum absolute atomic E-state index is 0.103. The molecule has 0 saturated carbocycles. The van der Waals surface area contributed by atoms with Crippen molar-refractivity contribution in [3.8, 4) is 0 Å². The van der Waals surface area contributed by atoms with E-state index >= 15 is 0 Å². The van der Waals surface area contributed by atoms with Crippen LogP contribution in [0.5, 0.6) is 0 Å². The molecule has 0 amide bonds. The average Bonchev–Trinajstić information content (AvgIpc) is 2.81. The zero-order valence-corrected chi connectivity index (χ0v) is 11.2. The zero-order chi connectivity index (χ0) is 12.4. The maximum atomic E-state index is 5.98. The Hall–Kier alpha value is -0.970. The van der Waals surface area contributed by atoms with Gasteiger partial charge >= 0.3 is 0 Å². The molecule has 1 saturated heterocycles. The number of para-hydroxylation sites is 1. The van der Waals surface area contributed by atoms with Gasteiger partial charge in [0.2, 0.25) is 0 Å². The molecule has 1 aliphatic heterocycles. The molecule has 96 valence electrons. The number of hydrogen-bond donors (Lipinski definition) is 1. The lowest BCUT2D eigenvalue weighted by Crippen LogP contribution is -2.40. The monoisotopic (exact) mass is 262 g/mol. The highest BCUT2D eigenvalue weighted by Crippen LogP contribution is 2.34. The van der Waals surface area contributed by atoms with Crippen LogP contribution < -0.4 is 5.73 Å². The third kappa shape index (κ3) is 2.28. The van der Waals surface area contributed by atoms with Crippen LogP contribution in [0.25, 0.3) is 10.2 Å². The van der Waals surface area contributed by atoms with Crippen LogP contribution in [-0.4, -0.2) is 24.7 Å². The van der Waals surface area contributed by atoms with E-state index in [0.29, 0.717) is 6.54 Å². The highest BCUT2D eigenvalue weighted by Gasteiger charge is 2.32. The van der Waals surface area contributed by atoms with Gasteiger partial charge in [0.25, 0.3) is 0 Å². The smallest absolute Gasteiger partial charge is 0.0945 e. The van der Waals surface area contributed by atoms with Gasteiger partial charge in [-0.15, -0.1) is 11.3 Å². The Bertz CT molecular complexity index is 498. The molecule has 0 radical (unpaired) electrons. The summed E-state index contributed by atoms with van der Waals surface area (Å²) in [7, 11) is 0. The van der Waals surface area contributed by atoms with Gasteiger partial charge in [-0.3, -0.25) is 0 Å². The number of nitrogens with two attached hydrogens (primary N) is 1. The first-order chi connectivity index (χ1) is 8.81. The molecule has 1 aliphatic rings. The second-order valence-electron chi connectivity index (χ2n) is 5.11. The number of benzene rings is 1. The van der Waals surface area contributed by atoms with Crippen LogP contribution in [0.2, 0.25) is 0 Å². The molecule has 1 unspecified atom stereocenters. The van der Waals surface area contributed by atoms with Gasteiger partial charge in [-0.25, -0.2) is 4.98 Å². The van der Waals surface area contributed by atoms with Gasteiger partial charge in [0, 0.05) is 25.0 Å². The highest BCUT2D eigenvalue weighted by molar-refractivity contribution is 7.18. The maximum absolute atomic E-state index is 5.98. The Morgan fingerprint density at radius 3 is 3.00 bits per heavy atom. The van der Waals surface area contributed by atoms with Crippen LogP contribution in [0.4, 0.5) is 0 Å². The largest absolute Gasteiger partial charge is 0.381 e. The summed E-state index contributed by atoms with van der Waals surface area (Å²) in [5.41, 5.74) is 7.18. The summed E-state index contributed by atoms with van der Waals surface area (Å²) in [6.45, 7) is 2.34. The van der Waals surface area contributed by atoms with Crippen LogP contribution in [-0.2, 0) is 11.2 Å². The molecule has 1 atom stereocenters. The van der Waals surface area contributed by atoms with Crippen molar-refractivity contribution in [1.82, 2.24) is 4.98 Å². The zero-order valence-electron chi connectivity index (χ0n) is 10.4. The molecule has 0 bridgehead atoms. The van der Waals surface area contributed by atoms with Gasteiger partial charge in [0.1, 0.15) is 0 Å². The lowest BCUT2D eigenvalue weighted by Gasteiger charge is -2.35. The Kier molecular flexibility index (Phi) is 3.33. The molecule has 1 fully saturated rings. The summed E-state index contributed by atoms with van der Waals surface area (Å²) in [6, 6.07) is 8.30. The number of thiazole rings is 1. The third-order valence-electron chi connectivity index (χ3n) is 3.70. The first-order valence-electron chi connectivity index (χ1n) is 6.44. The van der Waals surface area contributed by atoms with E-state index in [9.17, 15) is 0 Å². The SMILES string of the molecule is NCC1(Cc2nc3ccccc3s2)CCCOC1. The van der Waals surface area contributed by atoms with Crippen LogP contribution in [0, 0.1) is 5.41 Å². The molecule has 0 spiro atoms. The van der Waals surface area contributed by atoms with Gasteiger partial charge in [0.15, 0.2) is 0 Å². The maximum Gasteiger partial charge on any atom is 0.0945 e. The molecular formula is C14H18N2OS. The number of rotatable bonds is 3. The van der Waals surface area contributed by atoms with Crippen molar-refractivity contribution >= 4 is 21.6 Å². The summed E-state index contributed by atoms with van der Waals surface area (Å²) < 4.78 is 6.88. The molecule has 1 aromatic carbocycles. The minimum atomic E-state index is 0.103. The summed E-state index contributed by atoms with van der Waals surface area (Å²) in [5.74, 6) is 0. The fourth-order valence-electron chi connectivity index (χ4n) is 2.60. The molecule has 4 heteroatoms. The van der Waals surface area contributed by atoms with Crippen molar-refractivity contribution in [3.63, 3.8) is 0 Å². The number of aromatic nitrogens is 1. The highest BCUT2D eigenvalue weighted by atomic mass is 32.1. The first kappa shape index (κ1) is 12.1. The van der Waals surface area contributed by atoms with Gasteiger partial charge in [0.05, 0.1) is 21.8 Å². The fraction of sp³-hybridized carbons (Fsp3) is 0.500. The standard InChI is InChI=1S/C14H18N2OS/c15-9-14(6-3-7-17-10-14)8-13-16-11-4-1-2-5-12(11)18-13/h1-2,4-5H,3,6-10,15H2. The summed E-state index contributed by atoms with van der Waals surface area (Å²) >= 11 is 1.78. The predicted molar refractivity (Wildman–Crippen MR) is 74.9 cm³/mol. The van der Waals surface area contributed by atoms with E-state index in [1.165, 1.54) is 9.71 Å². The Balaban J connectivity index is 1.85. The second kappa shape index (κ2) is 4.96. The minimum Gasteiger partial charge on any atom is -0.381 e. The summed E-state index contributed by atoms with van der Waals surface area (Å²) in [6.07, 6.45) is 3.21. The molecule has 18 heavy (non-hydrogen) atoms. The topological polar surface area (TPSA) is 48.1 Å². The van der Waals surface area contributed by atoms with Crippen molar-refractivity contribution in [2.75, 3.05) is 19.8 Å². The molecule has 2 heterocycles. The molecule has 0 aliphatic carbocycles. The summed E-state index contributed by atoms with van der Waals surface area (Å²) in [4.78, 5) is 4.71. The van der Waals surface area contributed by atoms with E-state index in [-0.39, 0.29) is 5.41 Å². The van der Waals surface area contributed by atoms with E-state index in [4.69, 9.17) is 15.5 Å². The number of hydrogen-bond acceptors (Lipinski definition) is 4. The lowest BCUT2D eigenvalue weighted by atomic mass is 9.80. The molecule has 1 aromatic heterocycles. The van der Waals surface area contributed by atoms with E-state index in [2.05, 4.69) is 18.2 Å². The van der Waals surface area contributed by atoms with E-state index in [1.807, 2.05) is 6.07 Å². The van der Waals surface area contributed by atoms with E-state index in [0.717, 1.165) is 38.0 Å². The normalized spacial score (nSPS) is 24.5. The van der Waals surface area contributed by atoms with E-state index < -0.39 is 0 Å². The van der Waals surface area contributed by atoms with E-state index in [1.54, 1.807) is 11.3 Å². The van der Waals surface area contributed by atoms with Crippen LogP contribution >= 0.6 is 11.3 Å². The summed E-state index contributed by atoms with van der Waals surface area (Å²) in [5, 5.41) is 1.19. The molecule has 2 N–H and O–H groups in total. The van der Waals surface area contributed by atoms with Gasteiger partial charge in [-0.05, 0) is 25.0 Å². The van der Waals surface area contributed by atoms with Crippen molar-refractivity contribution < 1.29 is 4.74 Å². The predicted octanol–water partition coefficient (Wildman–Crippen LogP) is 2.59. The molecule has 3 nitrogen and oxygen atoms in total.